The number of allylic oxidation sites excluding steroid dienone is 4. The highest BCUT2D eigenvalue weighted by molar-refractivity contribution is 5.99. The molecule has 0 heterocycles. The third kappa shape index (κ3) is 8.87. The molecule has 0 N–H and O–H groups in total. The van der Waals surface area contributed by atoms with Gasteiger partial charge in [0.25, 0.3) is 0 Å². The van der Waals surface area contributed by atoms with Crippen molar-refractivity contribution in [1.82, 2.24) is 0 Å². The zero-order valence-corrected chi connectivity index (χ0v) is 30.3. The monoisotopic (exact) mass is 648 g/mol. The van der Waals surface area contributed by atoms with Crippen molar-refractivity contribution in [2.75, 3.05) is 0 Å². The van der Waals surface area contributed by atoms with Crippen LogP contribution in [0.3, 0.4) is 0 Å². The fourth-order valence-electron chi connectivity index (χ4n) is 6.66. The molecule has 0 fully saturated rings. The van der Waals surface area contributed by atoms with Crippen molar-refractivity contribution in [3.8, 4) is 0 Å². The Morgan fingerprint density at radius 1 is 0.531 bits per heavy atom. The van der Waals surface area contributed by atoms with Crippen LogP contribution in [-0.4, -0.2) is 0 Å². The van der Waals surface area contributed by atoms with Gasteiger partial charge in [-0.15, -0.1) is 0 Å². The van der Waals surface area contributed by atoms with Gasteiger partial charge >= 0.3 is 0 Å². The second-order valence-corrected chi connectivity index (χ2v) is 12.8. The first-order chi connectivity index (χ1) is 22.6. The molecule has 0 heteroatoms. The number of aryl methyl sites for hydroxylation is 3. The molecule has 0 aliphatic carbocycles. The van der Waals surface area contributed by atoms with E-state index in [0.717, 1.165) is 5.57 Å². The lowest BCUT2D eigenvalue weighted by Crippen LogP contribution is -1.98. The summed E-state index contributed by atoms with van der Waals surface area (Å²) in [5, 5.41) is 8.04. The summed E-state index contributed by atoms with van der Waals surface area (Å²) in [6.45, 7) is 25.6. The largest absolute Gasteiger partial charge is 0.0955 e. The van der Waals surface area contributed by atoms with Crippen molar-refractivity contribution in [3.05, 3.63) is 166 Å². The fourth-order valence-corrected chi connectivity index (χ4v) is 6.66. The van der Waals surface area contributed by atoms with Gasteiger partial charge in [0.2, 0.25) is 0 Å². The molecule has 0 aromatic heterocycles. The average molecular weight is 649 g/mol. The number of hydrogen-bond donors (Lipinski definition) is 0. The van der Waals surface area contributed by atoms with Crippen LogP contribution in [0.5, 0.6) is 0 Å². The van der Waals surface area contributed by atoms with Gasteiger partial charge in [-0.3, -0.25) is 0 Å². The van der Waals surface area contributed by atoms with Crippen molar-refractivity contribution >= 4 is 44.0 Å². The Kier molecular flexibility index (Phi) is 15.0. The summed E-state index contributed by atoms with van der Waals surface area (Å²) in [4.78, 5) is 0. The van der Waals surface area contributed by atoms with Crippen molar-refractivity contribution in [2.24, 2.45) is 0 Å². The van der Waals surface area contributed by atoms with E-state index in [1.165, 1.54) is 82.4 Å². The van der Waals surface area contributed by atoms with E-state index in [0.29, 0.717) is 5.92 Å². The molecule has 0 spiro atoms. The maximum absolute atomic E-state index is 4.12. The van der Waals surface area contributed by atoms with Gasteiger partial charge in [-0.2, -0.15) is 0 Å². The third-order valence-corrected chi connectivity index (χ3v) is 9.22. The van der Waals surface area contributed by atoms with E-state index >= 15 is 0 Å². The summed E-state index contributed by atoms with van der Waals surface area (Å²) in [6.07, 6.45) is 2.36. The van der Waals surface area contributed by atoms with Gasteiger partial charge in [-0.25, -0.2) is 0 Å². The highest BCUT2D eigenvalue weighted by Crippen LogP contribution is 2.35. The van der Waals surface area contributed by atoms with Gasteiger partial charge in [0.05, 0.1) is 0 Å². The Bertz CT molecular complexity index is 2090. The third-order valence-electron chi connectivity index (χ3n) is 9.22. The maximum Gasteiger partial charge on any atom is 0.00265 e. The highest BCUT2D eigenvalue weighted by Gasteiger charge is 2.13. The SMILES string of the molecule is C.C.C/C(=C\c1ccc(C)c2ccccc12)C(C)c1ccc(C)c2ccccc12.C=C(C)C(=C(C)C)c1ccc(C)c2ccccc12.CC. The molecule has 0 amide bonds. The first-order valence-corrected chi connectivity index (χ1v) is 17.0. The normalized spacial score (nSPS) is 11.3. The van der Waals surface area contributed by atoms with E-state index in [9.17, 15) is 0 Å². The smallest absolute Gasteiger partial charge is 0.00265 e. The summed E-state index contributed by atoms with van der Waals surface area (Å²) in [7, 11) is 0. The van der Waals surface area contributed by atoms with E-state index in [1.54, 1.807) is 0 Å². The van der Waals surface area contributed by atoms with E-state index in [4.69, 9.17) is 0 Å². The van der Waals surface area contributed by atoms with Crippen molar-refractivity contribution < 1.29 is 0 Å². The minimum absolute atomic E-state index is 0. The summed E-state index contributed by atoms with van der Waals surface area (Å²) in [5.41, 5.74) is 13.1. The lowest BCUT2D eigenvalue weighted by atomic mass is 9.87. The van der Waals surface area contributed by atoms with Crippen LogP contribution in [0.2, 0.25) is 0 Å². The summed E-state index contributed by atoms with van der Waals surface area (Å²) in [6, 6.07) is 39.5. The zero-order chi connectivity index (χ0) is 34.2. The molecule has 0 saturated heterocycles. The molecule has 6 aromatic rings. The molecule has 0 radical (unpaired) electrons. The lowest BCUT2D eigenvalue weighted by molar-refractivity contribution is 0.911. The van der Waals surface area contributed by atoms with Crippen molar-refractivity contribution in [2.45, 2.75) is 90.0 Å². The standard InChI is InChI=1S/C27H26.C18H20.C2H6.2CH4/c1-18-13-15-22(26-11-7-5-9-23(18)26)17-20(3)21(4)25-16-14-19(2)24-10-6-8-12-27(24)25;1-12(2)18(13(3)4)17-11-10-14(5)15-8-6-7-9-16(15)17;1-2;;/h5-17,21H,1-4H3;6-11H,1H2,2-5H3;1-2H3;2*1H4/b20-17+;;;;. The molecule has 0 bridgehead atoms. The van der Waals surface area contributed by atoms with Crippen LogP contribution in [0.1, 0.15) is 103 Å². The van der Waals surface area contributed by atoms with E-state index < -0.39 is 0 Å². The fraction of sp³-hybridized carbons (Fsp3) is 0.265. The van der Waals surface area contributed by atoms with E-state index in [-0.39, 0.29) is 14.9 Å². The quantitative estimate of drug-likeness (QED) is 0.163. The van der Waals surface area contributed by atoms with E-state index in [1.807, 2.05) is 13.8 Å². The molecule has 0 aliphatic rings. The Labute approximate surface area is 298 Å². The van der Waals surface area contributed by atoms with Gasteiger partial charge in [-0.1, -0.05) is 174 Å². The van der Waals surface area contributed by atoms with Crippen molar-refractivity contribution in [3.63, 3.8) is 0 Å². The summed E-state index contributed by atoms with van der Waals surface area (Å²) < 4.78 is 0. The molecule has 0 saturated carbocycles. The Morgan fingerprint density at radius 3 is 1.45 bits per heavy atom. The highest BCUT2D eigenvalue weighted by atomic mass is 14.2. The van der Waals surface area contributed by atoms with Crippen molar-refractivity contribution in [1.29, 1.82) is 0 Å². The minimum atomic E-state index is 0. The van der Waals surface area contributed by atoms with Crippen LogP contribution in [0.15, 0.2) is 132 Å². The molecule has 256 valence electrons. The molecule has 49 heavy (non-hydrogen) atoms. The summed E-state index contributed by atoms with van der Waals surface area (Å²) >= 11 is 0. The molecular weight excluding hydrogens is 589 g/mol. The van der Waals surface area contributed by atoms with Crippen LogP contribution < -0.4 is 0 Å². The number of hydrogen-bond acceptors (Lipinski definition) is 0. The van der Waals surface area contributed by atoms with Gasteiger partial charge in [0.15, 0.2) is 0 Å². The van der Waals surface area contributed by atoms with Gasteiger partial charge in [0, 0.05) is 5.92 Å². The number of benzene rings is 6. The minimum Gasteiger partial charge on any atom is -0.0955 e. The predicted molar refractivity (Wildman–Crippen MR) is 226 cm³/mol. The zero-order valence-electron chi connectivity index (χ0n) is 30.3. The van der Waals surface area contributed by atoms with Crippen LogP contribution in [0, 0.1) is 20.8 Å². The number of rotatable bonds is 5. The molecule has 6 aromatic carbocycles. The van der Waals surface area contributed by atoms with Gasteiger partial charge < -0.3 is 0 Å². The second-order valence-electron chi connectivity index (χ2n) is 12.8. The maximum atomic E-state index is 4.12. The Balaban J connectivity index is 0.000000333. The second kappa shape index (κ2) is 18.2. The van der Waals surface area contributed by atoms with Crippen LogP contribution in [0.25, 0.3) is 44.0 Å². The summed E-state index contributed by atoms with van der Waals surface area (Å²) in [5.74, 6) is 0.371. The molecule has 0 aliphatic heterocycles. The van der Waals surface area contributed by atoms with Gasteiger partial charge in [0.1, 0.15) is 0 Å². The molecule has 6 rings (SSSR count). The first kappa shape index (κ1) is 40.5. The molecular formula is C49H60. The Hall–Kier alpha value is -4.68. The topological polar surface area (TPSA) is 0 Å². The predicted octanol–water partition coefficient (Wildman–Crippen LogP) is 15.6. The molecule has 1 unspecified atom stereocenters. The van der Waals surface area contributed by atoms with Crippen LogP contribution in [0.4, 0.5) is 0 Å². The number of fused-ring (bicyclic) bond motifs is 3. The first-order valence-electron chi connectivity index (χ1n) is 17.0. The van der Waals surface area contributed by atoms with Crippen LogP contribution in [-0.2, 0) is 0 Å². The average Bonchev–Trinajstić information content (AvgIpc) is 3.08. The molecule has 0 nitrogen and oxygen atoms in total. The lowest BCUT2D eigenvalue weighted by Gasteiger charge is -2.17. The van der Waals surface area contributed by atoms with Crippen LogP contribution >= 0.6 is 0 Å². The van der Waals surface area contributed by atoms with Gasteiger partial charge in [-0.05, 0) is 120 Å². The molecule has 1 atom stereocenters. The van der Waals surface area contributed by atoms with E-state index in [2.05, 4.69) is 177 Å². The Morgan fingerprint density at radius 2 is 0.939 bits per heavy atom.